The SMILES string of the molecule is NC(=O)c1ncc(N[C@@H]2CCCC[C@@H]2N)nc1Nc1cccc(Oc2ccccc2)c1. The number of amides is 1. The molecule has 1 heterocycles. The van der Waals surface area contributed by atoms with Gasteiger partial charge < -0.3 is 26.8 Å². The van der Waals surface area contributed by atoms with Gasteiger partial charge in [-0.3, -0.25) is 4.79 Å². The Morgan fingerprint density at radius 3 is 2.58 bits per heavy atom. The number of para-hydroxylation sites is 1. The van der Waals surface area contributed by atoms with E-state index < -0.39 is 5.91 Å². The Labute approximate surface area is 181 Å². The van der Waals surface area contributed by atoms with Gasteiger partial charge in [0, 0.05) is 23.8 Å². The molecule has 6 N–H and O–H groups in total. The lowest BCUT2D eigenvalue weighted by Gasteiger charge is -2.29. The Balaban J connectivity index is 1.55. The van der Waals surface area contributed by atoms with Gasteiger partial charge in [0.25, 0.3) is 5.91 Å². The highest BCUT2D eigenvalue weighted by atomic mass is 16.5. The summed E-state index contributed by atoms with van der Waals surface area (Å²) in [6.07, 6.45) is 5.73. The van der Waals surface area contributed by atoms with Crippen molar-refractivity contribution in [1.82, 2.24) is 9.97 Å². The van der Waals surface area contributed by atoms with Crippen LogP contribution in [0, 0.1) is 0 Å². The van der Waals surface area contributed by atoms with Crippen molar-refractivity contribution < 1.29 is 9.53 Å². The van der Waals surface area contributed by atoms with Gasteiger partial charge in [-0.25, -0.2) is 9.97 Å². The molecule has 8 heteroatoms. The van der Waals surface area contributed by atoms with Gasteiger partial charge in [-0.15, -0.1) is 0 Å². The Kier molecular flexibility index (Phi) is 6.28. The molecular weight excluding hydrogens is 392 g/mol. The number of benzene rings is 2. The minimum atomic E-state index is -0.660. The number of primary amides is 1. The lowest BCUT2D eigenvalue weighted by molar-refractivity contribution is 0.0996. The number of ether oxygens (including phenoxy) is 1. The fourth-order valence-corrected chi connectivity index (χ4v) is 3.65. The summed E-state index contributed by atoms with van der Waals surface area (Å²) in [5.74, 6) is 1.54. The lowest BCUT2D eigenvalue weighted by Crippen LogP contribution is -2.42. The maximum atomic E-state index is 11.9. The fourth-order valence-electron chi connectivity index (χ4n) is 3.65. The zero-order valence-electron chi connectivity index (χ0n) is 17.1. The average Bonchev–Trinajstić information content (AvgIpc) is 2.76. The van der Waals surface area contributed by atoms with E-state index in [0.29, 0.717) is 17.3 Å². The van der Waals surface area contributed by atoms with Crippen LogP contribution in [0.4, 0.5) is 17.3 Å². The third-order valence-electron chi connectivity index (χ3n) is 5.23. The number of anilines is 3. The van der Waals surface area contributed by atoms with Gasteiger partial charge in [-0.1, -0.05) is 37.1 Å². The van der Waals surface area contributed by atoms with Crippen molar-refractivity contribution in [3.63, 3.8) is 0 Å². The normalized spacial score (nSPS) is 18.2. The predicted molar refractivity (Wildman–Crippen MR) is 121 cm³/mol. The molecule has 0 bridgehead atoms. The first kappa shape index (κ1) is 20.6. The highest BCUT2D eigenvalue weighted by Gasteiger charge is 2.23. The van der Waals surface area contributed by atoms with E-state index in [-0.39, 0.29) is 23.6 Å². The monoisotopic (exact) mass is 418 g/mol. The summed E-state index contributed by atoms with van der Waals surface area (Å²) in [5.41, 5.74) is 12.5. The molecule has 2 aromatic carbocycles. The number of rotatable bonds is 7. The zero-order chi connectivity index (χ0) is 21.6. The molecule has 2 atom stereocenters. The van der Waals surface area contributed by atoms with Gasteiger partial charge in [0.1, 0.15) is 17.3 Å². The first-order chi connectivity index (χ1) is 15.1. The first-order valence-corrected chi connectivity index (χ1v) is 10.4. The Morgan fingerprint density at radius 1 is 1.03 bits per heavy atom. The van der Waals surface area contributed by atoms with Crippen LogP contribution >= 0.6 is 0 Å². The van der Waals surface area contributed by atoms with E-state index in [4.69, 9.17) is 16.2 Å². The summed E-state index contributed by atoms with van der Waals surface area (Å²) in [7, 11) is 0. The molecule has 0 spiro atoms. The summed E-state index contributed by atoms with van der Waals surface area (Å²) in [4.78, 5) is 20.7. The van der Waals surface area contributed by atoms with Crippen LogP contribution in [0.15, 0.2) is 60.8 Å². The largest absolute Gasteiger partial charge is 0.457 e. The number of hydrogen-bond acceptors (Lipinski definition) is 7. The highest BCUT2D eigenvalue weighted by molar-refractivity contribution is 5.96. The number of nitrogens with zero attached hydrogens (tertiary/aromatic N) is 2. The van der Waals surface area contributed by atoms with Crippen molar-refractivity contribution in [2.24, 2.45) is 11.5 Å². The van der Waals surface area contributed by atoms with Crippen LogP contribution in [0.2, 0.25) is 0 Å². The average molecular weight is 419 g/mol. The number of aromatic nitrogens is 2. The van der Waals surface area contributed by atoms with Crippen molar-refractivity contribution in [2.45, 2.75) is 37.8 Å². The molecule has 1 saturated carbocycles. The van der Waals surface area contributed by atoms with Crippen LogP contribution in [-0.2, 0) is 0 Å². The smallest absolute Gasteiger partial charge is 0.271 e. The van der Waals surface area contributed by atoms with Crippen LogP contribution in [-0.4, -0.2) is 28.0 Å². The molecular formula is C23H26N6O2. The summed E-state index contributed by atoms with van der Waals surface area (Å²) >= 11 is 0. The summed E-state index contributed by atoms with van der Waals surface area (Å²) in [6, 6.07) is 17.0. The molecule has 0 radical (unpaired) electrons. The second kappa shape index (κ2) is 9.44. The second-order valence-corrected chi connectivity index (χ2v) is 7.58. The summed E-state index contributed by atoms with van der Waals surface area (Å²) in [5, 5.41) is 6.49. The van der Waals surface area contributed by atoms with Gasteiger partial charge >= 0.3 is 0 Å². The Morgan fingerprint density at radius 2 is 1.81 bits per heavy atom. The topological polar surface area (TPSA) is 128 Å². The maximum Gasteiger partial charge on any atom is 0.271 e. The van der Waals surface area contributed by atoms with E-state index >= 15 is 0 Å². The molecule has 1 fully saturated rings. The number of carbonyl (C=O) groups excluding carboxylic acids is 1. The molecule has 0 aliphatic heterocycles. The molecule has 1 aliphatic rings. The van der Waals surface area contributed by atoms with Gasteiger partial charge in [-0.05, 0) is 37.1 Å². The zero-order valence-corrected chi connectivity index (χ0v) is 17.1. The Bertz CT molecular complexity index is 1040. The third kappa shape index (κ3) is 5.29. The van der Waals surface area contributed by atoms with E-state index in [1.807, 2.05) is 54.6 Å². The molecule has 0 unspecified atom stereocenters. The number of nitrogens with one attached hydrogen (secondary N) is 2. The summed E-state index contributed by atoms with van der Waals surface area (Å²) in [6.45, 7) is 0. The molecule has 0 saturated heterocycles. The second-order valence-electron chi connectivity index (χ2n) is 7.58. The molecule has 1 amide bonds. The lowest BCUT2D eigenvalue weighted by atomic mass is 9.91. The molecule has 4 rings (SSSR count). The minimum absolute atomic E-state index is 0.0628. The summed E-state index contributed by atoms with van der Waals surface area (Å²) < 4.78 is 5.88. The van der Waals surface area contributed by atoms with Crippen LogP contribution in [0.3, 0.4) is 0 Å². The number of hydrogen-bond donors (Lipinski definition) is 4. The van der Waals surface area contributed by atoms with Crippen molar-refractivity contribution in [1.29, 1.82) is 0 Å². The quantitative estimate of drug-likeness (QED) is 0.459. The fraction of sp³-hybridized carbons (Fsp3) is 0.261. The van der Waals surface area contributed by atoms with Gasteiger partial charge in [-0.2, -0.15) is 0 Å². The third-order valence-corrected chi connectivity index (χ3v) is 5.23. The van der Waals surface area contributed by atoms with Crippen LogP contribution in [0.5, 0.6) is 11.5 Å². The van der Waals surface area contributed by atoms with E-state index in [1.54, 1.807) is 0 Å². The van der Waals surface area contributed by atoms with E-state index in [0.717, 1.165) is 31.4 Å². The van der Waals surface area contributed by atoms with Crippen molar-refractivity contribution in [3.05, 3.63) is 66.5 Å². The Hall–Kier alpha value is -3.65. The minimum Gasteiger partial charge on any atom is -0.457 e. The molecule has 1 aromatic heterocycles. The first-order valence-electron chi connectivity index (χ1n) is 10.4. The van der Waals surface area contributed by atoms with E-state index in [9.17, 15) is 4.79 Å². The highest BCUT2D eigenvalue weighted by Crippen LogP contribution is 2.27. The van der Waals surface area contributed by atoms with E-state index in [1.165, 1.54) is 6.20 Å². The molecule has 31 heavy (non-hydrogen) atoms. The van der Waals surface area contributed by atoms with Crippen LogP contribution in [0.1, 0.15) is 36.2 Å². The van der Waals surface area contributed by atoms with E-state index in [2.05, 4.69) is 20.6 Å². The van der Waals surface area contributed by atoms with Crippen molar-refractivity contribution >= 4 is 23.2 Å². The molecule has 160 valence electrons. The standard InChI is InChI=1S/C23H26N6O2/c24-18-11-4-5-12-19(18)28-20-14-26-21(22(25)30)23(29-20)27-15-7-6-10-17(13-15)31-16-8-2-1-3-9-16/h1-3,6-10,13-14,18-19H,4-5,11-12,24H2,(H2,25,30)(H2,27,28,29)/t18-,19+/m0/s1. The van der Waals surface area contributed by atoms with Gasteiger partial charge in [0.05, 0.1) is 6.20 Å². The molecule has 8 nitrogen and oxygen atoms in total. The van der Waals surface area contributed by atoms with Crippen LogP contribution in [0.25, 0.3) is 0 Å². The van der Waals surface area contributed by atoms with Gasteiger partial charge in [0.15, 0.2) is 11.5 Å². The molecule has 1 aliphatic carbocycles. The van der Waals surface area contributed by atoms with Crippen molar-refractivity contribution in [2.75, 3.05) is 10.6 Å². The van der Waals surface area contributed by atoms with Crippen LogP contribution < -0.4 is 26.8 Å². The van der Waals surface area contributed by atoms with Gasteiger partial charge in [0.2, 0.25) is 0 Å². The number of nitrogens with two attached hydrogens (primary N) is 2. The number of carbonyl (C=O) groups is 1. The molecule has 3 aromatic rings. The predicted octanol–water partition coefficient (Wildman–Crippen LogP) is 3.79. The van der Waals surface area contributed by atoms with Crippen molar-refractivity contribution in [3.8, 4) is 11.5 Å². The maximum absolute atomic E-state index is 11.9.